The highest BCUT2D eigenvalue weighted by Crippen LogP contribution is 2.22. The van der Waals surface area contributed by atoms with Gasteiger partial charge in [0.1, 0.15) is 0 Å². The molecule has 1 amide bonds. The van der Waals surface area contributed by atoms with Crippen LogP contribution in [-0.4, -0.2) is 5.91 Å². The van der Waals surface area contributed by atoms with Gasteiger partial charge in [0.15, 0.2) is 0 Å². The van der Waals surface area contributed by atoms with E-state index < -0.39 is 0 Å². The molecule has 0 saturated heterocycles. The quantitative estimate of drug-likeness (QED) is 0.885. The van der Waals surface area contributed by atoms with Crippen LogP contribution in [-0.2, 0) is 11.2 Å². The molecule has 0 aliphatic heterocycles. The van der Waals surface area contributed by atoms with Crippen LogP contribution in [0.2, 0.25) is 5.02 Å². The van der Waals surface area contributed by atoms with Gasteiger partial charge >= 0.3 is 0 Å². The number of primary amides is 1. The summed E-state index contributed by atoms with van der Waals surface area (Å²) in [7, 11) is 0. The van der Waals surface area contributed by atoms with Crippen molar-refractivity contribution in [2.24, 2.45) is 11.7 Å². The van der Waals surface area contributed by atoms with Crippen LogP contribution in [0.5, 0.6) is 0 Å². The second-order valence-corrected chi connectivity index (χ2v) is 5.48. The lowest BCUT2D eigenvalue weighted by molar-refractivity contribution is -0.121. The van der Waals surface area contributed by atoms with Crippen LogP contribution in [0, 0.1) is 5.92 Å². The lowest BCUT2D eigenvalue weighted by Crippen LogP contribution is -2.20. The molecule has 0 saturated carbocycles. The third-order valence-electron chi connectivity index (χ3n) is 3.48. The van der Waals surface area contributed by atoms with E-state index in [0.717, 1.165) is 29.0 Å². The zero-order valence-corrected chi connectivity index (χ0v) is 12.2. The van der Waals surface area contributed by atoms with Crippen molar-refractivity contribution in [2.45, 2.75) is 19.8 Å². The number of hydrogen-bond donors (Lipinski definition) is 1. The van der Waals surface area contributed by atoms with E-state index in [2.05, 4.69) is 24.3 Å². The molecular weight excluding hydrogens is 270 g/mol. The van der Waals surface area contributed by atoms with E-state index in [1.54, 1.807) is 0 Å². The first-order valence-corrected chi connectivity index (χ1v) is 7.08. The normalized spacial score (nSPS) is 12.1. The average molecular weight is 288 g/mol. The number of nitrogens with two attached hydrogens (primary N) is 1. The van der Waals surface area contributed by atoms with E-state index in [1.807, 2.05) is 31.2 Å². The average Bonchev–Trinajstić information content (AvgIpc) is 2.46. The summed E-state index contributed by atoms with van der Waals surface area (Å²) in [5.74, 6) is -0.311. The predicted octanol–water partition coefficient (Wildman–Crippen LogP) is 4.06. The Morgan fingerprint density at radius 3 is 2.05 bits per heavy atom. The first kappa shape index (κ1) is 14.6. The maximum atomic E-state index is 11.0. The number of benzene rings is 2. The molecule has 20 heavy (non-hydrogen) atoms. The van der Waals surface area contributed by atoms with E-state index >= 15 is 0 Å². The van der Waals surface area contributed by atoms with Crippen molar-refractivity contribution in [1.29, 1.82) is 0 Å². The van der Waals surface area contributed by atoms with Crippen LogP contribution in [0.15, 0.2) is 48.5 Å². The Balaban J connectivity index is 2.03. The number of hydrogen-bond acceptors (Lipinski definition) is 1. The minimum absolute atomic E-state index is 0.0778. The first-order chi connectivity index (χ1) is 9.56. The zero-order valence-electron chi connectivity index (χ0n) is 11.5. The molecule has 0 unspecified atom stereocenters. The molecule has 2 N–H and O–H groups in total. The number of carbonyl (C=O) groups is 1. The summed E-state index contributed by atoms with van der Waals surface area (Å²) in [6.45, 7) is 1.87. The molecule has 0 bridgehead atoms. The number of carbonyl (C=O) groups excluding carboxylic acids is 1. The number of rotatable bonds is 5. The highest BCUT2D eigenvalue weighted by atomic mass is 35.5. The second kappa shape index (κ2) is 6.58. The molecule has 0 spiro atoms. The van der Waals surface area contributed by atoms with Crippen molar-refractivity contribution < 1.29 is 4.79 Å². The largest absolute Gasteiger partial charge is 0.369 e. The summed E-state index contributed by atoms with van der Waals surface area (Å²) in [5.41, 5.74) is 8.79. The van der Waals surface area contributed by atoms with Crippen LogP contribution in [0.25, 0.3) is 11.1 Å². The van der Waals surface area contributed by atoms with Crippen molar-refractivity contribution in [2.75, 3.05) is 0 Å². The van der Waals surface area contributed by atoms with Crippen molar-refractivity contribution in [3.05, 3.63) is 59.1 Å². The SMILES string of the molecule is C[C@H](CCc1ccc(-c2ccc(Cl)cc2)cc1)C(N)=O. The van der Waals surface area contributed by atoms with Crippen LogP contribution in [0.4, 0.5) is 0 Å². The fourth-order valence-corrected chi connectivity index (χ4v) is 2.16. The number of aryl methyl sites for hydroxylation is 1. The van der Waals surface area contributed by atoms with Gasteiger partial charge in [-0.1, -0.05) is 54.9 Å². The number of amides is 1. The summed E-state index contributed by atoms with van der Waals surface area (Å²) in [4.78, 5) is 11.0. The van der Waals surface area contributed by atoms with Crippen LogP contribution in [0.1, 0.15) is 18.9 Å². The Morgan fingerprint density at radius 1 is 1.05 bits per heavy atom. The summed E-state index contributed by atoms with van der Waals surface area (Å²) in [6, 6.07) is 16.2. The molecule has 1 atom stereocenters. The van der Waals surface area contributed by atoms with Crippen LogP contribution >= 0.6 is 11.6 Å². The third kappa shape index (κ3) is 3.84. The molecule has 2 rings (SSSR count). The minimum Gasteiger partial charge on any atom is -0.369 e. The summed E-state index contributed by atoms with van der Waals surface area (Å²) in [6.07, 6.45) is 1.65. The molecule has 0 heterocycles. The molecule has 2 nitrogen and oxygen atoms in total. The Morgan fingerprint density at radius 2 is 1.55 bits per heavy atom. The van der Waals surface area contributed by atoms with E-state index in [-0.39, 0.29) is 11.8 Å². The summed E-state index contributed by atoms with van der Waals surface area (Å²) >= 11 is 5.88. The Kier molecular flexibility index (Phi) is 4.80. The molecule has 0 aromatic heterocycles. The van der Waals surface area contributed by atoms with Gasteiger partial charge in [0.25, 0.3) is 0 Å². The van der Waals surface area contributed by atoms with E-state index in [0.29, 0.717) is 0 Å². The van der Waals surface area contributed by atoms with Crippen molar-refractivity contribution in [1.82, 2.24) is 0 Å². The number of halogens is 1. The van der Waals surface area contributed by atoms with Gasteiger partial charge in [0.2, 0.25) is 5.91 Å². The van der Waals surface area contributed by atoms with Gasteiger partial charge in [0.05, 0.1) is 0 Å². The first-order valence-electron chi connectivity index (χ1n) is 6.70. The van der Waals surface area contributed by atoms with E-state index in [1.165, 1.54) is 5.56 Å². The van der Waals surface area contributed by atoms with Crippen molar-refractivity contribution in [3.63, 3.8) is 0 Å². The van der Waals surface area contributed by atoms with Crippen molar-refractivity contribution >= 4 is 17.5 Å². The molecule has 104 valence electrons. The maximum absolute atomic E-state index is 11.0. The summed E-state index contributed by atoms with van der Waals surface area (Å²) in [5, 5.41) is 0.741. The lowest BCUT2D eigenvalue weighted by atomic mass is 9.98. The van der Waals surface area contributed by atoms with Crippen LogP contribution in [0.3, 0.4) is 0 Å². The molecule has 0 radical (unpaired) electrons. The lowest BCUT2D eigenvalue weighted by Gasteiger charge is -2.08. The molecule has 0 aliphatic carbocycles. The molecule has 2 aromatic carbocycles. The fraction of sp³-hybridized carbons (Fsp3) is 0.235. The minimum atomic E-state index is -0.234. The molecule has 3 heteroatoms. The monoisotopic (exact) mass is 287 g/mol. The fourth-order valence-electron chi connectivity index (χ4n) is 2.03. The van der Waals surface area contributed by atoms with Crippen LogP contribution < -0.4 is 5.73 Å². The molecular formula is C17H18ClNO. The van der Waals surface area contributed by atoms with Gasteiger partial charge in [-0.15, -0.1) is 0 Å². The smallest absolute Gasteiger partial charge is 0.220 e. The highest BCUT2D eigenvalue weighted by Gasteiger charge is 2.08. The van der Waals surface area contributed by atoms with Gasteiger partial charge in [0, 0.05) is 10.9 Å². The Bertz CT molecular complexity index is 575. The Labute approximate surface area is 124 Å². The molecule has 0 aliphatic rings. The summed E-state index contributed by atoms with van der Waals surface area (Å²) < 4.78 is 0. The maximum Gasteiger partial charge on any atom is 0.220 e. The van der Waals surface area contributed by atoms with E-state index in [9.17, 15) is 4.79 Å². The zero-order chi connectivity index (χ0) is 14.5. The van der Waals surface area contributed by atoms with Gasteiger partial charge in [-0.25, -0.2) is 0 Å². The predicted molar refractivity (Wildman–Crippen MR) is 83.6 cm³/mol. The standard InChI is InChI=1S/C17H18ClNO/c1-12(17(19)20)2-3-13-4-6-14(7-5-13)15-8-10-16(18)11-9-15/h4-12H,2-3H2,1H3,(H2,19,20)/t12-/m1/s1. The second-order valence-electron chi connectivity index (χ2n) is 5.05. The third-order valence-corrected chi connectivity index (χ3v) is 3.74. The molecule has 0 fully saturated rings. The van der Waals surface area contributed by atoms with Crippen molar-refractivity contribution in [3.8, 4) is 11.1 Å². The topological polar surface area (TPSA) is 43.1 Å². The van der Waals surface area contributed by atoms with Gasteiger partial charge < -0.3 is 5.73 Å². The van der Waals surface area contributed by atoms with Gasteiger partial charge in [-0.3, -0.25) is 4.79 Å². The Hall–Kier alpha value is -1.80. The van der Waals surface area contributed by atoms with Gasteiger partial charge in [-0.2, -0.15) is 0 Å². The highest BCUT2D eigenvalue weighted by molar-refractivity contribution is 6.30. The molecule has 2 aromatic rings. The van der Waals surface area contributed by atoms with Gasteiger partial charge in [-0.05, 0) is 41.7 Å². The van der Waals surface area contributed by atoms with E-state index in [4.69, 9.17) is 17.3 Å².